The molecule has 0 saturated carbocycles. The van der Waals surface area contributed by atoms with Crippen molar-refractivity contribution in [3.8, 4) is 0 Å². The highest BCUT2D eigenvalue weighted by molar-refractivity contribution is 7.91. The molecule has 0 spiro atoms. The van der Waals surface area contributed by atoms with E-state index in [4.69, 9.17) is 0 Å². The molecule has 0 bridgehead atoms. The zero-order chi connectivity index (χ0) is 22.2. The third-order valence-electron chi connectivity index (χ3n) is 5.51. The van der Waals surface area contributed by atoms with E-state index in [0.29, 0.717) is 18.8 Å². The van der Waals surface area contributed by atoms with Crippen LogP contribution in [0.5, 0.6) is 0 Å². The molecule has 1 aromatic heterocycles. The van der Waals surface area contributed by atoms with E-state index in [9.17, 15) is 26.9 Å². The van der Waals surface area contributed by atoms with Gasteiger partial charge in [-0.3, -0.25) is 10.1 Å². The van der Waals surface area contributed by atoms with Crippen LogP contribution in [-0.2, 0) is 20.0 Å². The number of hydrogen-bond donors (Lipinski definition) is 0. The first kappa shape index (κ1) is 22.1. The summed E-state index contributed by atoms with van der Waals surface area (Å²) in [7, 11) is -7.35. The third kappa shape index (κ3) is 4.20. The fraction of sp³-hybridized carbons (Fsp3) is 0.444. The standard InChI is InChI=1S/C18H22N4O6S3/c23-22(24)17-14-15(30(25,26)20-7-1-2-8-20)5-6-16(17)19-9-11-21(12-10-19)31(27,28)18-4-3-13-29-18/h3-6,13-14H,1-2,7-12H2. The first-order valence-corrected chi connectivity index (χ1v) is 13.5. The molecule has 1 aromatic carbocycles. The minimum Gasteiger partial charge on any atom is -0.363 e. The van der Waals surface area contributed by atoms with E-state index in [1.807, 2.05) is 0 Å². The number of hydrogen-bond acceptors (Lipinski definition) is 8. The van der Waals surface area contributed by atoms with Gasteiger partial charge in [-0.05, 0) is 36.4 Å². The fourth-order valence-electron chi connectivity index (χ4n) is 3.86. The molecule has 168 valence electrons. The maximum absolute atomic E-state index is 12.8. The molecule has 10 nitrogen and oxygen atoms in total. The van der Waals surface area contributed by atoms with Crippen LogP contribution in [0.4, 0.5) is 11.4 Å². The van der Waals surface area contributed by atoms with Crippen LogP contribution in [-0.4, -0.2) is 69.6 Å². The summed E-state index contributed by atoms with van der Waals surface area (Å²) in [6, 6.07) is 7.18. The zero-order valence-corrected chi connectivity index (χ0v) is 19.0. The minimum atomic E-state index is -3.77. The lowest BCUT2D eigenvalue weighted by Crippen LogP contribution is -2.48. The van der Waals surface area contributed by atoms with Gasteiger partial charge in [-0.2, -0.15) is 8.61 Å². The maximum Gasteiger partial charge on any atom is 0.293 e. The molecule has 31 heavy (non-hydrogen) atoms. The summed E-state index contributed by atoms with van der Waals surface area (Å²) >= 11 is 1.15. The van der Waals surface area contributed by atoms with Gasteiger partial charge >= 0.3 is 0 Å². The highest BCUT2D eigenvalue weighted by Crippen LogP contribution is 2.34. The second kappa shape index (κ2) is 8.47. The van der Waals surface area contributed by atoms with Gasteiger partial charge in [-0.25, -0.2) is 16.8 Å². The molecule has 13 heteroatoms. The van der Waals surface area contributed by atoms with E-state index in [2.05, 4.69) is 0 Å². The Labute approximate surface area is 184 Å². The predicted molar refractivity (Wildman–Crippen MR) is 116 cm³/mol. The molecule has 0 radical (unpaired) electrons. The number of nitro benzene ring substituents is 1. The largest absolute Gasteiger partial charge is 0.363 e. The SMILES string of the molecule is O=[N+]([O-])c1cc(S(=O)(=O)N2CCCC2)ccc1N1CCN(S(=O)(=O)c2cccs2)CC1. The van der Waals surface area contributed by atoms with E-state index in [-0.39, 0.29) is 41.0 Å². The lowest BCUT2D eigenvalue weighted by Gasteiger charge is -2.34. The predicted octanol–water partition coefficient (Wildman–Crippen LogP) is 1.95. The quantitative estimate of drug-likeness (QED) is 0.452. The van der Waals surface area contributed by atoms with Gasteiger partial charge in [-0.1, -0.05) is 6.07 Å². The van der Waals surface area contributed by atoms with Crippen molar-refractivity contribution in [3.05, 3.63) is 45.8 Å². The Bertz CT molecular complexity index is 1170. The average molecular weight is 487 g/mol. The third-order valence-corrected chi connectivity index (χ3v) is 10.7. The normalized spacial score (nSPS) is 19.0. The van der Waals surface area contributed by atoms with Crippen LogP contribution in [0, 0.1) is 10.1 Å². The molecule has 0 aliphatic carbocycles. The molecule has 0 unspecified atom stereocenters. The molecule has 2 aliphatic heterocycles. The van der Waals surface area contributed by atoms with Crippen LogP contribution < -0.4 is 4.90 Å². The number of benzene rings is 1. The van der Waals surface area contributed by atoms with E-state index in [1.54, 1.807) is 22.4 Å². The first-order valence-electron chi connectivity index (χ1n) is 9.78. The summed E-state index contributed by atoms with van der Waals surface area (Å²) < 4.78 is 53.9. The summed E-state index contributed by atoms with van der Waals surface area (Å²) in [6.07, 6.45) is 1.55. The number of nitro groups is 1. The maximum atomic E-state index is 12.8. The highest BCUT2D eigenvalue weighted by Gasteiger charge is 2.33. The van der Waals surface area contributed by atoms with Crippen LogP contribution in [0.15, 0.2) is 44.8 Å². The lowest BCUT2D eigenvalue weighted by atomic mass is 10.2. The van der Waals surface area contributed by atoms with Crippen molar-refractivity contribution in [2.75, 3.05) is 44.2 Å². The van der Waals surface area contributed by atoms with Gasteiger partial charge in [0.25, 0.3) is 15.7 Å². The minimum absolute atomic E-state index is 0.0937. The topological polar surface area (TPSA) is 121 Å². The summed E-state index contributed by atoms with van der Waals surface area (Å²) in [5.41, 5.74) is -0.00613. The Morgan fingerprint density at radius 3 is 2.10 bits per heavy atom. The molecule has 3 heterocycles. The van der Waals surface area contributed by atoms with E-state index >= 15 is 0 Å². The smallest absolute Gasteiger partial charge is 0.293 e. The number of anilines is 1. The molecule has 0 atom stereocenters. The summed E-state index contributed by atoms with van der Waals surface area (Å²) in [5.74, 6) is 0. The molecule has 2 aromatic rings. The molecule has 0 amide bonds. The van der Waals surface area contributed by atoms with Crippen LogP contribution in [0.2, 0.25) is 0 Å². The van der Waals surface area contributed by atoms with Crippen LogP contribution >= 0.6 is 11.3 Å². The Hall–Kier alpha value is -2.06. The first-order chi connectivity index (χ1) is 14.7. The molecule has 4 rings (SSSR count). The average Bonchev–Trinajstić information content (AvgIpc) is 3.48. The van der Waals surface area contributed by atoms with Crippen molar-refractivity contribution < 1.29 is 21.8 Å². The van der Waals surface area contributed by atoms with Crippen LogP contribution in [0.3, 0.4) is 0 Å². The molecular weight excluding hydrogens is 464 g/mol. The second-order valence-electron chi connectivity index (χ2n) is 7.34. The van der Waals surface area contributed by atoms with Gasteiger partial charge in [-0.15, -0.1) is 11.3 Å². The number of thiophene rings is 1. The van der Waals surface area contributed by atoms with Crippen LogP contribution in [0.25, 0.3) is 0 Å². The van der Waals surface area contributed by atoms with Gasteiger partial charge in [0.2, 0.25) is 10.0 Å². The second-order valence-corrected chi connectivity index (χ2v) is 12.4. The van der Waals surface area contributed by atoms with Crippen molar-refractivity contribution in [1.82, 2.24) is 8.61 Å². The number of sulfonamides is 2. The summed E-state index contributed by atoms with van der Waals surface area (Å²) in [5, 5.41) is 13.4. The lowest BCUT2D eigenvalue weighted by molar-refractivity contribution is -0.384. The van der Waals surface area contributed by atoms with Crippen molar-refractivity contribution in [2.24, 2.45) is 0 Å². The van der Waals surface area contributed by atoms with Crippen molar-refractivity contribution >= 4 is 42.8 Å². The van der Waals surface area contributed by atoms with Crippen LogP contribution in [0.1, 0.15) is 12.8 Å². The highest BCUT2D eigenvalue weighted by atomic mass is 32.2. The summed E-state index contributed by atoms with van der Waals surface area (Å²) in [6.45, 7) is 1.74. The zero-order valence-electron chi connectivity index (χ0n) is 16.6. The summed E-state index contributed by atoms with van der Waals surface area (Å²) in [4.78, 5) is 12.8. The Morgan fingerprint density at radius 2 is 1.52 bits per heavy atom. The van der Waals surface area contributed by atoms with Crippen molar-refractivity contribution in [3.63, 3.8) is 0 Å². The van der Waals surface area contributed by atoms with E-state index < -0.39 is 25.0 Å². The van der Waals surface area contributed by atoms with Crippen molar-refractivity contribution in [2.45, 2.75) is 21.9 Å². The number of rotatable bonds is 6. The Kier molecular flexibility index (Phi) is 6.05. The number of piperazine rings is 1. The molecule has 2 saturated heterocycles. The van der Waals surface area contributed by atoms with Crippen molar-refractivity contribution in [1.29, 1.82) is 0 Å². The molecule has 2 fully saturated rings. The van der Waals surface area contributed by atoms with Gasteiger partial charge < -0.3 is 4.90 Å². The van der Waals surface area contributed by atoms with E-state index in [1.165, 1.54) is 20.7 Å². The molecule has 2 aliphatic rings. The van der Waals surface area contributed by atoms with Gasteiger partial charge in [0, 0.05) is 45.3 Å². The Balaban J connectivity index is 1.56. The van der Waals surface area contributed by atoms with Gasteiger partial charge in [0.1, 0.15) is 9.90 Å². The fourth-order valence-corrected chi connectivity index (χ4v) is 7.97. The number of nitrogens with zero attached hydrogens (tertiary/aromatic N) is 4. The monoisotopic (exact) mass is 486 g/mol. The Morgan fingerprint density at radius 1 is 0.871 bits per heavy atom. The molecular formula is C18H22N4O6S3. The van der Waals surface area contributed by atoms with E-state index in [0.717, 1.165) is 30.2 Å². The van der Waals surface area contributed by atoms with Gasteiger partial charge in [0.15, 0.2) is 0 Å². The van der Waals surface area contributed by atoms with Gasteiger partial charge in [0.05, 0.1) is 9.82 Å². The molecule has 0 N–H and O–H groups in total.